The molecule has 3 aromatic rings. The molecule has 0 atom stereocenters. The molecule has 328 valence electrons. The second-order valence-corrected chi connectivity index (χ2v) is 21.3. The first kappa shape index (κ1) is 49.8. The van der Waals surface area contributed by atoms with Crippen LogP contribution in [0.4, 0.5) is 0 Å². The van der Waals surface area contributed by atoms with Crippen LogP contribution in [0.1, 0.15) is 219 Å². The summed E-state index contributed by atoms with van der Waals surface area (Å²) >= 11 is 0. The Morgan fingerprint density at radius 1 is 0.310 bits per heavy atom. The van der Waals surface area contributed by atoms with Crippen LogP contribution in [-0.4, -0.2) is 12.3 Å². The van der Waals surface area contributed by atoms with Crippen LogP contribution in [0, 0.1) is 0 Å². The molecule has 3 aromatic carbocycles. The Morgan fingerprint density at radius 3 is 1.00 bits per heavy atom. The van der Waals surface area contributed by atoms with Gasteiger partial charge >= 0.3 is 361 Å². The van der Waals surface area contributed by atoms with E-state index < -0.39 is 7.28 Å². The summed E-state index contributed by atoms with van der Waals surface area (Å²) in [5.41, 5.74) is 2.58. The third-order valence-electron chi connectivity index (χ3n) is 12.1. The molecule has 0 heterocycles. The van der Waals surface area contributed by atoms with E-state index in [0.717, 1.165) is 55.3 Å². The molecule has 0 aromatic heterocycles. The van der Waals surface area contributed by atoms with Crippen LogP contribution in [0.5, 0.6) is 17.2 Å². The zero-order valence-electron chi connectivity index (χ0n) is 38.3. The van der Waals surface area contributed by atoms with Crippen molar-refractivity contribution in [3.05, 3.63) is 90.0 Å². The van der Waals surface area contributed by atoms with Crippen molar-refractivity contribution >= 4 is 7.28 Å². The number of aryl methyl sites for hydroxylation is 2. The van der Waals surface area contributed by atoms with Crippen LogP contribution in [0.3, 0.4) is 0 Å². The molecule has 3 nitrogen and oxygen atoms in total. The Balaban J connectivity index is 2.06. The van der Waals surface area contributed by atoms with Crippen molar-refractivity contribution in [3.63, 3.8) is 0 Å². The predicted octanol–water partition coefficient (Wildman–Crippen LogP) is 18.6. The van der Waals surface area contributed by atoms with Gasteiger partial charge in [0.1, 0.15) is 0 Å². The average molecular weight is 817 g/mol. The van der Waals surface area contributed by atoms with Crippen molar-refractivity contribution in [3.8, 4) is 17.2 Å². The van der Waals surface area contributed by atoms with Crippen LogP contribution < -0.4 is 13.6 Å². The van der Waals surface area contributed by atoms with E-state index in [1.807, 2.05) is 0 Å². The van der Waals surface area contributed by atoms with Gasteiger partial charge in [-0.2, -0.15) is 0 Å². The van der Waals surface area contributed by atoms with Gasteiger partial charge in [-0.25, -0.2) is 0 Å². The van der Waals surface area contributed by atoms with Crippen LogP contribution in [0.2, 0.25) is 0 Å². The molecule has 0 amide bonds. The quantitative estimate of drug-likeness (QED) is 0.0426. The Morgan fingerprint density at radius 2 is 0.621 bits per heavy atom. The van der Waals surface area contributed by atoms with Crippen molar-refractivity contribution in [2.75, 3.05) is 12.3 Å². The molecule has 0 aliphatic rings. The fraction of sp³-hybridized carbons (Fsp3) is 0.667. The summed E-state index contributed by atoms with van der Waals surface area (Å²) in [6, 6.07) is 28.3. The second-order valence-electron chi connectivity index (χ2n) is 17.5. The molecule has 0 bridgehead atoms. The maximum absolute atomic E-state index is 7.85. The van der Waals surface area contributed by atoms with Crippen molar-refractivity contribution in [2.45, 2.75) is 220 Å². The summed E-state index contributed by atoms with van der Waals surface area (Å²) < 4.78 is 23.3. The SMILES string of the molecule is CCCCCCCCCc1ccccc1OP(CCCCCCCCC)(CCCCCCCCC)(Oc1ccccc1)Oc1ccccc1CCCCCCCCC. The van der Waals surface area contributed by atoms with E-state index in [-0.39, 0.29) is 0 Å². The van der Waals surface area contributed by atoms with Crippen molar-refractivity contribution in [2.24, 2.45) is 0 Å². The van der Waals surface area contributed by atoms with E-state index in [9.17, 15) is 0 Å². The van der Waals surface area contributed by atoms with Gasteiger partial charge in [-0.15, -0.1) is 0 Å². The fourth-order valence-electron chi connectivity index (χ4n) is 8.49. The van der Waals surface area contributed by atoms with Gasteiger partial charge in [-0.05, 0) is 0 Å². The molecule has 0 aliphatic heterocycles. The molecular weight excluding hydrogens is 728 g/mol. The zero-order chi connectivity index (χ0) is 41.3. The van der Waals surface area contributed by atoms with Crippen molar-refractivity contribution in [1.82, 2.24) is 0 Å². The third kappa shape index (κ3) is 20.2. The van der Waals surface area contributed by atoms with E-state index in [1.165, 1.54) is 178 Å². The van der Waals surface area contributed by atoms with Crippen LogP contribution in [-0.2, 0) is 12.8 Å². The summed E-state index contributed by atoms with van der Waals surface area (Å²) in [5, 5.41) is 0. The molecule has 0 aliphatic carbocycles. The number of rotatable bonds is 38. The summed E-state index contributed by atoms with van der Waals surface area (Å²) in [7, 11) is -3.95. The standard InChI is InChI=1S/C54H89O3P/c1-5-9-13-17-21-25-30-40-50-42-34-36-46-53(50)56-58(55-52-44-32-29-33-45-52,48-38-27-23-19-15-11-7-3,49-39-28-24-20-16-12-8-4)57-54-47-37-35-43-51(54)41-31-26-22-18-14-10-6-2/h29,32-37,42-47H,5-28,30-31,38-41,48-49H2,1-4H3. The Bertz CT molecular complexity index is 1320. The van der Waals surface area contributed by atoms with Gasteiger partial charge in [-0.1, -0.05) is 0 Å². The first-order valence-corrected chi connectivity index (χ1v) is 27.3. The molecule has 0 saturated heterocycles. The normalized spacial score (nSPS) is 12.3. The van der Waals surface area contributed by atoms with Gasteiger partial charge in [-0.3, -0.25) is 0 Å². The third-order valence-corrected chi connectivity index (χ3v) is 16.3. The molecule has 58 heavy (non-hydrogen) atoms. The van der Waals surface area contributed by atoms with Crippen LogP contribution >= 0.6 is 7.28 Å². The van der Waals surface area contributed by atoms with Crippen molar-refractivity contribution < 1.29 is 13.6 Å². The van der Waals surface area contributed by atoms with Gasteiger partial charge in [0.2, 0.25) is 0 Å². The van der Waals surface area contributed by atoms with Gasteiger partial charge in [0.15, 0.2) is 0 Å². The molecule has 0 saturated carbocycles. The predicted molar refractivity (Wildman–Crippen MR) is 257 cm³/mol. The molecule has 4 heteroatoms. The zero-order valence-corrected chi connectivity index (χ0v) is 39.2. The molecule has 0 spiro atoms. The Hall–Kier alpha value is -2.51. The molecule has 0 N–H and O–H groups in total. The average Bonchev–Trinajstić information content (AvgIpc) is 3.24. The van der Waals surface area contributed by atoms with Crippen LogP contribution in [0.25, 0.3) is 0 Å². The second kappa shape index (κ2) is 31.4. The summed E-state index contributed by atoms with van der Waals surface area (Å²) in [6.07, 6.45) is 39.2. The summed E-state index contributed by atoms with van der Waals surface area (Å²) in [6.45, 7) is 9.21. The first-order valence-electron chi connectivity index (χ1n) is 24.9. The van der Waals surface area contributed by atoms with Crippen LogP contribution in [0.15, 0.2) is 78.9 Å². The van der Waals surface area contributed by atoms with E-state index in [2.05, 4.69) is 107 Å². The monoisotopic (exact) mass is 817 g/mol. The van der Waals surface area contributed by atoms with E-state index in [0.29, 0.717) is 0 Å². The number of hydrogen-bond donors (Lipinski definition) is 0. The summed E-state index contributed by atoms with van der Waals surface area (Å²) in [4.78, 5) is 0. The van der Waals surface area contributed by atoms with E-state index in [4.69, 9.17) is 13.6 Å². The molecule has 0 fully saturated rings. The number of benzene rings is 3. The van der Waals surface area contributed by atoms with E-state index >= 15 is 0 Å². The van der Waals surface area contributed by atoms with E-state index in [1.54, 1.807) is 0 Å². The Kier molecular flexibility index (Phi) is 27.0. The summed E-state index contributed by atoms with van der Waals surface area (Å²) in [5.74, 6) is 2.80. The van der Waals surface area contributed by atoms with Gasteiger partial charge < -0.3 is 0 Å². The molecule has 3 rings (SSSR count). The van der Waals surface area contributed by atoms with Gasteiger partial charge in [0.25, 0.3) is 0 Å². The van der Waals surface area contributed by atoms with Gasteiger partial charge in [0, 0.05) is 0 Å². The topological polar surface area (TPSA) is 27.7 Å². The Labute approximate surface area is 359 Å². The molecular formula is C54H89O3P. The fourth-order valence-corrected chi connectivity index (χ4v) is 12.9. The first-order chi connectivity index (χ1) is 28.6. The number of unbranched alkanes of at least 4 members (excludes halogenated alkanes) is 24. The van der Waals surface area contributed by atoms with Gasteiger partial charge in [0.05, 0.1) is 0 Å². The minimum absolute atomic E-state index is 0.793. The number of para-hydroxylation sites is 3. The minimum atomic E-state index is -3.95. The van der Waals surface area contributed by atoms with Crippen molar-refractivity contribution in [1.29, 1.82) is 0 Å². The molecule has 0 radical (unpaired) electrons. The maximum atomic E-state index is 7.85. The molecule has 0 unspecified atom stereocenters. The number of hydrogen-bond acceptors (Lipinski definition) is 3.